The molecule has 0 saturated carbocycles. The summed E-state index contributed by atoms with van der Waals surface area (Å²) in [6.07, 6.45) is 2.43. The normalized spacial score (nSPS) is 22.0. The van der Waals surface area contributed by atoms with E-state index in [0.29, 0.717) is 12.8 Å². The molecule has 1 aromatic carbocycles. The summed E-state index contributed by atoms with van der Waals surface area (Å²) in [6, 6.07) is 9.36. The van der Waals surface area contributed by atoms with Crippen molar-refractivity contribution in [3.63, 3.8) is 0 Å². The number of aliphatic carboxylic acids is 1. The van der Waals surface area contributed by atoms with Crippen LogP contribution in [-0.4, -0.2) is 41.2 Å². The van der Waals surface area contributed by atoms with Crippen LogP contribution < -0.4 is 5.32 Å². The molecule has 0 aliphatic carbocycles. The Bertz CT molecular complexity index is 524. The summed E-state index contributed by atoms with van der Waals surface area (Å²) in [6.45, 7) is 0. The van der Waals surface area contributed by atoms with Crippen molar-refractivity contribution in [2.45, 2.75) is 50.6 Å². The lowest BCUT2D eigenvalue weighted by atomic mass is 9.74. The van der Waals surface area contributed by atoms with Gasteiger partial charge in [-0.1, -0.05) is 43.2 Å². The first-order valence-corrected chi connectivity index (χ1v) is 7.93. The average Bonchev–Trinajstić information content (AvgIpc) is 2.49. The number of carboxylic acid groups (broad SMARTS) is 1. The highest BCUT2D eigenvalue weighted by molar-refractivity contribution is 6.45. The maximum Gasteiger partial charge on any atom is 0.478 e. The number of benzene rings is 1. The van der Waals surface area contributed by atoms with Crippen LogP contribution in [0.2, 0.25) is 0 Å². The van der Waals surface area contributed by atoms with Gasteiger partial charge in [0.1, 0.15) is 0 Å². The molecule has 1 aliphatic heterocycles. The lowest BCUT2D eigenvalue weighted by molar-refractivity contribution is -0.139. The number of carbonyl (C=O) groups is 2. The maximum atomic E-state index is 12.1. The quantitative estimate of drug-likeness (QED) is 0.708. The highest BCUT2D eigenvalue weighted by Crippen LogP contribution is 2.18. The molecule has 0 aromatic heterocycles. The van der Waals surface area contributed by atoms with Gasteiger partial charge in [-0.2, -0.15) is 0 Å². The topological polar surface area (TPSA) is 95.9 Å². The van der Waals surface area contributed by atoms with Gasteiger partial charge in [0, 0.05) is 0 Å². The predicted molar refractivity (Wildman–Crippen MR) is 85.6 cm³/mol. The zero-order chi connectivity index (χ0) is 16.7. The van der Waals surface area contributed by atoms with Gasteiger partial charge in [-0.05, 0) is 18.4 Å². The molecule has 1 amide bonds. The summed E-state index contributed by atoms with van der Waals surface area (Å²) in [7, 11) is -1.18. The standard InChI is InChI=1S/C16H22BNO5/c19-15(10-12-6-2-1-3-7-12)18-14-9-5-4-8-13(11-16(20)21)23-17(14)22/h1-3,6-7,13-14,22H,4-5,8-11H2,(H,18,19)(H,20,21)/t13-,14-/m0/s1. The minimum atomic E-state index is -1.18. The zero-order valence-electron chi connectivity index (χ0n) is 13.0. The number of carboxylic acids is 1. The van der Waals surface area contributed by atoms with Crippen molar-refractivity contribution in [3.8, 4) is 0 Å². The van der Waals surface area contributed by atoms with Crippen LogP contribution in [-0.2, 0) is 20.7 Å². The molecule has 1 fully saturated rings. The lowest BCUT2D eigenvalue weighted by Crippen LogP contribution is -2.50. The molecule has 0 bridgehead atoms. The Morgan fingerprint density at radius 2 is 1.91 bits per heavy atom. The summed E-state index contributed by atoms with van der Waals surface area (Å²) >= 11 is 0. The molecule has 0 spiro atoms. The van der Waals surface area contributed by atoms with Crippen molar-refractivity contribution < 1.29 is 24.4 Å². The van der Waals surface area contributed by atoms with Gasteiger partial charge >= 0.3 is 13.1 Å². The van der Waals surface area contributed by atoms with E-state index in [4.69, 9.17) is 9.76 Å². The van der Waals surface area contributed by atoms with E-state index in [9.17, 15) is 14.6 Å². The maximum absolute atomic E-state index is 12.1. The fraction of sp³-hybridized carbons (Fsp3) is 0.500. The number of rotatable bonds is 5. The molecule has 1 aromatic rings. The summed E-state index contributed by atoms with van der Waals surface area (Å²) in [4.78, 5) is 22.9. The Hall–Kier alpha value is -1.86. The minimum Gasteiger partial charge on any atom is -0.481 e. The molecule has 1 saturated heterocycles. The van der Waals surface area contributed by atoms with Crippen LogP contribution in [0.3, 0.4) is 0 Å². The van der Waals surface area contributed by atoms with Crippen molar-refractivity contribution in [2.24, 2.45) is 0 Å². The fourth-order valence-corrected chi connectivity index (χ4v) is 2.77. The monoisotopic (exact) mass is 319 g/mol. The molecule has 124 valence electrons. The third kappa shape index (κ3) is 6.04. The smallest absolute Gasteiger partial charge is 0.478 e. The summed E-state index contributed by atoms with van der Waals surface area (Å²) in [5.41, 5.74) is 0.898. The summed E-state index contributed by atoms with van der Waals surface area (Å²) < 4.78 is 5.43. The van der Waals surface area contributed by atoms with E-state index in [1.165, 1.54) is 0 Å². The minimum absolute atomic E-state index is 0.137. The molecule has 1 aliphatic rings. The first kappa shape index (κ1) is 17.5. The number of hydrogen-bond donors (Lipinski definition) is 3. The molecule has 23 heavy (non-hydrogen) atoms. The SMILES string of the molecule is O=C(O)C[C@@H]1CCCC[C@H](NC(=O)Cc2ccccc2)B(O)O1. The van der Waals surface area contributed by atoms with Crippen molar-refractivity contribution in [1.82, 2.24) is 5.32 Å². The highest BCUT2D eigenvalue weighted by Gasteiger charge is 2.33. The van der Waals surface area contributed by atoms with Crippen LogP contribution in [0.25, 0.3) is 0 Å². The van der Waals surface area contributed by atoms with Gasteiger partial charge in [-0.25, -0.2) is 0 Å². The van der Waals surface area contributed by atoms with Crippen molar-refractivity contribution in [3.05, 3.63) is 35.9 Å². The second-order valence-corrected chi connectivity index (χ2v) is 5.87. The van der Waals surface area contributed by atoms with E-state index in [1.807, 2.05) is 30.3 Å². The van der Waals surface area contributed by atoms with Crippen LogP contribution in [0.15, 0.2) is 30.3 Å². The fourth-order valence-electron chi connectivity index (χ4n) is 2.77. The highest BCUT2D eigenvalue weighted by atomic mass is 16.5. The van der Waals surface area contributed by atoms with Crippen molar-refractivity contribution in [1.29, 1.82) is 0 Å². The van der Waals surface area contributed by atoms with E-state index in [1.54, 1.807) is 0 Å². The Morgan fingerprint density at radius 3 is 2.61 bits per heavy atom. The van der Waals surface area contributed by atoms with Gasteiger partial charge in [0.2, 0.25) is 5.91 Å². The molecule has 0 unspecified atom stereocenters. The Labute approximate surface area is 136 Å². The second kappa shape index (κ2) is 8.69. The number of carbonyl (C=O) groups excluding carboxylic acids is 1. The number of nitrogens with one attached hydrogen (secondary N) is 1. The molecule has 3 N–H and O–H groups in total. The van der Waals surface area contributed by atoms with E-state index >= 15 is 0 Å². The lowest BCUT2D eigenvalue weighted by Gasteiger charge is -2.27. The molecular formula is C16H22BNO5. The number of amides is 1. The second-order valence-electron chi connectivity index (χ2n) is 5.87. The van der Waals surface area contributed by atoms with E-state index < -0.39 is 25.1 Å². The third-order valence-electron chi connectivity index (χ3n) is 3.92. The zero-order valence-corrected chi connectivity index (χ0v) is 13.0. The van der Waals surface area contributed by atoms with Crippen LogP contribution in [0.5, 0.6) is 0 Å². The van der Waals surface area contributed by atoms with E-state index in [-0.39, 0.29) is 18.7 Å². The first-order valence-electron chi connectivity index (χ1n) is 7.93. The van der Waals surface area contributed by atoms with Crippen LogP contribution in [0.4, 0.5) is 0 Å². The van der Waals surface area contributed by atoms with Crippen LogP contribution in [0, 0.1) is 0 Å². The van der Waals surface area contributed by atoms with Crippen LogP contribution in [0.1, 0.15) is 37.7 Å². The molecule has 2 rings (SSSR count). The Kier molecular flexibility index (Phi) is 6.61. The Morgan fingerprint density at radius 1 is 1.22 bits per heavy atom. The molecule has 2 atom stereocenters. The van der Waals surface area contributed by atoms with Gasteiger partial charge in [-0.15, -0.1) is 0 Å². The Balaban J connectivity index is 1.89. The first-order chi connectivity index (χ1) is 11.0. The molecule has 0 radical (unpaired) electrons. The van der Waals surface area contributed by atoms with E-state index in [2.05, 4.69) is 5.32 Å². The third-order valence-corrected chi connectivity index (χ3v) is 3.92. The van der Waals surface area contributed by atoms with Crippen LogP contribution >= 0.6 is 0 Å². The molecule has 7 heteroatoms. The van der Waals surface area contributed by atoms with Gasteiger partial charge < -0.3 is 20.1 Å². The summed E-state index contributed by atoms with van der Waals surface area (Å²) in [5, 5.41) is 21.8. The summed E-state index contributed by atoms with van der Waals surface area (Å²) in [5.74, 6) is -1.64. The number of hydrogen-bond acceptors (Lipinski definition) is 4. The molecule has 6 nitrogen and oxygen atoms in total. The predicted octanol–water partition coefficient (Wildman–Crippen LogP) is 1.17. The van der Waals surface area contributed by atoms with Gasteiger partial charge in [0.25, 0.3) is 0 Å². The van der Waals surface area contributed by atoms with Crippen molar-refractivity contribution in [2.75, 3.05) is 0 Å². The van der Waals surface area contributed by atoms with Gasteiger partial charge in [0.05, 0.1) is 24.9 Å². The van der Waals surface area contributed by atoms with Crippen molar-refractivity contribution >= 4 is 19.0 Å². The largest absolute Gasteiger partial charge is 0.481 e. The molecule has 1 heterocycles. The van der Waals surface area contributed by atoms with E-state index in [0.717, 1.165) is 18.4 Å². The molecular weight excluding hydrogens is 297 g/mol. The average molecular weight is 319 g/mol. The van der Waals surface area contributed by atoms with Gasteiger partial charge in [0.15, 0.2) is 0 Å². The van der Waals surface area contributed by atoms with Gasteiger partial charge in [-0.3, -0.25) is 9.59 Å².